The Balaban J connectivity index is 1.56. The van der Waals surface area contributed by atoms with Gasteiger partial charge in [-0.2, -0.15) is 0 Å². The van der Waals surface area contributed by atoms with Gasteiger partial charge in [0.25, 0.3) is 0 Å². The first-order chi connectivity index (χ1) is 11.3. The molecule has 1 aliphatic heterocycles. The van der Waals surface area contributed by atoms with Crippen LogP contribution in [0.3, 0.4) is 0 Å². The van der Waals surface area contributed by atoms with Crippen LogP contribution >= 0.6 is 0 Å². The van der Waals surface area contributed by atoms with E-state index in [-0.39, 0.29) is 12.6 Å². The van der Waals surface area contributed by atoms with Crippen molar-refractivity contribution in [1.29, 1.82) is 0 Å². The summed E-state index contributed by atoms with van der Waals surface area (Å²) in [5, 5.41) is 0. The lowest BCUT2D eigenvalue weighted by Gasteiger charge is -2.26. The molecule has 1 saturated carbocycles. The lowest BCUT2D eigenvalue weighted by Crippen LogP contribution is -2.34. The minimum absolute atomic E-state index is 0.100. The maximum absolute atomic E-state index is 12.7. The number of esters is 1. The van der Waals surface area contributed by atoms with E-state index in [2.05, 4.69) is 16.7 Å². The van der Waals surface area contributed by atoms with Crippen molar-refractivity contribution in [3.63, 3.8) is 0 Å². The van der Waals surface area contributed by atoms with Crippen molar-refractivity contribution in [2.24, 2.45) is 0 Å². The normalized spacial score (nSPS) is 20.0. The quantitative estimate of drug-likeness (QED) is 0.632. The molecular weight excluding hydrogens is 286 g/mol. The Morgan fingerprint density at radius 2 is 1.74 bits per heavy atom. The third kappa shape index (κ3) is 3.76. The van der Waals surface area contributed by atoms with Gasteiger partial charge in [0.1, 0.15) is 0 Å². The van der Waals surface area contributed by atoms with Gasteiger partial charge in [0, 0.05) is 0 Å². The summed E-state index contributed by atoms with van der Waals surface area (Å²) < 4.78 is 5.52. The standard InChI is InChI=1S/C20H25NO2/c22-19(23-17-9-8-16-21-14-6-7-15-21)20(12-4-5-13-20)18-10-2-1-3-11-18/h1-3,10-11H,4-7,12-17H2. The molecule has 1 heterocycles. The molecule has 0 aromatic heterocycles. The molecule has 0 N–H and O–H groups in total. The second-order valence-electron chi connectivity index (χ2n) is 6.57. The van der Waals surface area contributed by atoms with E-state index in [1.807, 2.05) is 30.3 Å². The van der Waals surface area contributed by atoms with Crippen molar-refractivity contribution >= 4 is 5.97 Å². The molecule has 3 nitrogen and oxygen atoms in total. The molecule has 122 valence electrons. The minimum atomic E-state index is -0.447. The number of ether oxygens (including phenoxy) is 1. The zero-order valence-corrected chi connectivity index (χ0v) is 13.7. The van der Waals surface area contributed by atoms with E-state index in [4.69, 9.17) is 4.74 Å². The molecule has 0 unspecified atom stereocenters. The van der Waals surface area contributed by atoms with Crippen molar-refractivity contribution in [1.82, 2.24) is 4.90 Å². The first-order valence-corrected chi connectivity index (χ1v) is 8.72. The highest BCUT2D eigenvalue weighted by Gasteiger charge is 2.43. The number of likely N-dealkylation sites (tertiary alicyclic amines) is 1. The molecule has 0 radical (unpaired) electrons. The third-order valence-corrected chi connectivity index (χ3v) is 5.08. The van der Waals surface area contributed by atoms with E-state index in [0.717, 1.165) is 50.9 Å². The smallest absolute Gasteiger partial charge is 0.317 e. The number of nitrogens with zero attached hydrogens (tertiary/aromatic N) is 1. The van der Waals surface area contributed by atoms with Crippen molar-refractivity contribution in [2.75, 3.05) is 26.2 Å². The average Bonchev–Trinajstić information content (AvgIpc) is 3.27. The molecule has 0 amide bonds. The fraction of sp³-hybridized carbons (Fsp3) is 0.550. The second-order valence-corrected chi connectivity index (χ2v) is 6.57. The molecule has 1 aromatic rings. The van der Waals surface area contributed by atoms with Crippen LogP contribution in [-0.2, 0) is 14.9 Å². The highest BCUT2D eigenvalue weighted by Crippen LogP contribution is 2.42. The molecule has 3 heteroatoms. The first-order valence-electron chi connectivity index (χ1n) is 8.72. The molecule has 23 heavy (non-hydrogen) atoms. The van der Waals surface area contributed by atoms with Crippen molar-refractivity contribution in [2.45, 2.75) is 43.9 Å². The summed E-state index contributed by atoms with van der Waals surface area (Å²) in [6, 6.07) is 10.1. The van der Waals surface area contributed by atoms with E-state index < -0.39 is 5.41 Å². The van der Waals surface area contributed by atoms with Gasteiger partial charge in [-0.15, -0.1) is 0 Å². The molecule has 2 aliphatic rings. The number of rotatable bonds is 4. The van der Waals surface area contributed by atoms with E-state index in [1.54, 1.807) is 0 Å². The Hall–Kier alpha value is -1.79. The van der Waals surface area contributed by atoms with Crippen LogP contribution in [0.5, 0.6) is 0 Å². The Labute approximate surface area is 139 Å². The number of hydrogen-bond acceptors (Lipinski definition) is 3. The van der Waals surface area contributed by atoms with Crippen molar-refractivity contribution in [3.8, 4) is 11.8 Å². The number of hydrogen-bond donors (Lipinski definition) is 0. The van der Waals surface area contributed by atoms with Gasteiger partial charge in [-0.05, 0) is 44.3 Å². The summed E-state index contributed by atoms with van der Waals surface area (Å²) in [5.74, 6) is 6.02. The van der Waals surface area contributed by atoms with Gasteiger partial charge in [0.05, 0.1) is 12.0 Å². The maximum atomic E-state index is 12.7. The van der Waals surface area contributed by atoms with Gasteiger partial charge in [0.2, 0.25) is 0 Å². The summed E-state index contributed by atoms with van der Waals surface area (Å²) in [5.41, 5.74) is 0.644. The fourth-order valence-corrected chi connectivity index (χ4v) is 3.75. The van der Waals surface area contributed by atoms with Gasteiger partial charge in [0.15, 0.2) is 6.61 Å². The van der Waals surface area contributed by atoms with Crippen LogP contribution in [0.1, 0.15) is 44.1 Å². The van der Waals surface area contributed by atoms with Crippen molar-refractivity contribution < 1.29 is 9.53 Å². The summed E-state index contributed by atoms with van der Waals surface area (Å²) in [6.45, 7) is 3.29. The monoisotopic (exact) mass is 311 g/mol. The van der Waals surface area contributed by atoms with E-state index in [0.29, 0.717) is 0 Å². The Morgan fingerprint density at radius 1 is 1.04 bits per heavy atom. The highest BCUT2D eigenvalue weighted by atomic mass is 16.5. The topological polar surface area (TPSA) is 29.5 Å². The SMILES string of the molecule is O=C(OCC#CCN1CCCC1)C1(c2ccccc2)CCCC1. The second kappa shape index (κ2) is 7.66. The largest absolute Gasteiger partial charge is 0.452 e. The van der Waals surface area contributed by atoms with Gasteiger partial charge >= 0.3 is 5.97 Å². The number of benzene rings is 1. The van der Waals surface area contributed by atoms with Crippen LogP contribution in [0.25, 0.3) is 0 Å². The lowest BCUT2D eigenvalue weighted by atomic mass is 9.79. The third-order valence-electron chi connectivity index (χ3n) is 5.08. The number of carbonyl (C=O) groups is 1. The molecule has 1 saturated heterocycles. The highest BCUT2D eigenvalue weighted by molar-refractivity contribution is 5.83. The van der Waals surface area contributed by atoms with Crippen LogP contribution in [0.2, 0.25) is 0 Å². The fourth-order valence-electron chi connectivity index (χ4n) is 3.75. The molecule has 1 aliphatic carbocycles. The Kier molecular flexibility index (Phi) is 5.35. The minimum Gasteiger partial charge on any atom is -0.452 e. The predicted octanol–water partition coefficient (Wildman–Crippen LogP) is 3.14. The van der Waals surface area contributed by atoms with Crippen LogP contribution in [-0.4, -0.2) is 37.1 Å². The molecule has 0 atom stereocenters. The molecule has 3 rings (SSSR count). The summed E-state index contributed by atoms with van der Waals surface area (Å²) in [6.07, 6.45) is 6.50. The summed E-state index contributed by atoms with van der Waals surface area (Å²) >= 11 is 0. The number of carbonyl (C=O) groups excluding carboxylic acids is 1. The Bertz CT molecular complexity index is 573. The van der Waals surface area contributed by atoms with Crippen LogP contribution in [0, 0.1) is 11.8 Å². The zero-order chi connectivity index (χ0) is 16.0. The molecular formula is C20H25NO2. The summed E-state index contributed by atoms with van der Waals surface area (Å²) in [4.78, 5) is 15.0. The maximum Gasteiger partial charge on any atom is 0.317 e. The van der Waals surface area contributed by atoms with Crippen LogP contribution in [0.15, 0.2) is 30.3 Å². The van der Waals surface area contributed by atoms with Gasteiger partial charge in [-0.3, -0.25) is 9.69 Å². The molecule has 1 aromatic carbocycles. The summed E-state index contributed by atoms with van der Waals surface area (Å²) in [7, 11) is 0. The first kappa shape index (κ1) is 16.1. The predicted molar refractivity (Wildman–Crippen MR) is 91.0 cm³/mol. The lowest BCUT2D eigenvalue weighted by molar-refractivity contribution is -0.149. The molecule has 0 bridgehead atoms. The van der Waals surface area contributed by atoms with Gasteiger partial charge in [-0.25, -0.2) is 0 Å². The van der Waals surface area contributed by atoms with Gasteiger partial charge < -0.3 is 4.74 Å². The Morgan fingerprint density at radius 3 is 2.43 bits per heavy atom. The average molecular weight is 311 g/mol. The molecule has 2 fully saturated rings. The van der Waals surface area contributed by atoms with E-state index in [1.165, 1.54) is 12.8 Å². The molecule has 0 spiro atoms. The van der Waals surface area contributed by atoms with E-state index in [9.17, 15) is 4.79 Å². The van der Waals surface area contributed by atoms with Crippen LogP contribution < -0.4 is 0 Å². The van der Waals surface area contributed by atoms with Crippen molar-refractivity contribution in [3.05, 3.63) is 35.9 Å². The zero-order valence-electron chi connectivity index (χ0n) is 13.7. The van der Waals surface area contributed by atoms with Gasteiger partial charge in [-0.1, -0.05) is 55.0 Å². The van der Waals surface area contributed by atoms with Crippen LogP contribution in [0.4, 0.5) is 0 Å². The van der Waals surface area contributed by atoms with E-state index >= 15 is 0 Å².